The highest BCUT2D eigenvalue weighted by atomic mass is 16.5. The fourth-order valence-electron chi connectivity index (χ4n) is 4.14. The molecule has 2 fully saturated rings. The van der Waals surface area contributed by atoms with Gasteiger partial charge in [-0.3, -0.25) is 0 Å². The van der Waals surface area contributed by atoms with Gasteiger partial charge in [0.15, 0.2) is 0 Å². The van der Waals surface area contributed by atoms with Crippen LogP contribution in [0.5, 0.6) is 0 Å². The van der Waals surface area contributed by atoms with Gasteiger partial charge in [0.25, 0.3) is 0 Å². The highest BCUT2D eigenvalue weighted by molar-refractivity contribution is 5.01. The van der Waals surface area contributed by atoms with Gasteiger partial charge in [-0.1, -0.05) is 13.8 Å². The molecule has 0 aromatic rings. The molecule has 118 valence electrons. The largest absolute Gasteiger partial charge is 0.381 e. The van der Waals surface area contributed by atoms with E-state index in [1.54, 1.807) is 0 Å². The topological polar surface area (TPSA) is 30.5 Å². The third-order valence-electron chi connectivity index (χ3n) is 5.43. The van der Waals surface area contributed by atoms with Crippen LogP contribution in [0.4, 0.5) is 0 Å². The maximum Gasteiger partial charge on any atom is 0.0838 e. The van der Waals surface area contributed by atoms with E-state index in [2.05, 4.69) is 33.1 Å². The third kappa shape index (κ3) is 3.55. The summed E-state index contributed by atoms with van der Waals surface area (Å²) in [5, 5.41) is 3.59. The lowest BCUT2D eigenvalue weighted by atomic mass is 9.66. The summed E-state index contributed by atoms with van der Waals surface area (Å²) < 4.78 is 12.1. The van der Waals surface area contributed by atoms with Crippen molar-refractivity contribution in [2.24, 2.45) is 11.3 Å². The van der Waals surface area contributed by atoms with Gasteiger partial charge in [0.2, 0.25) is 0 Å². The number of hydrogen-bond acceptors (Lipinski definition) is 3. The molecule has 1 saturated carbocycles. The van der Waals surface area contributed by atoms with Crippen molar-refractivity contribution in [1.29, 1.82) is 0 Å². The van der Waals surface area contributed by atoms with Crippen molar-refractivity contribution >= 4 is 0 Å². The van der Waals surface area contributed by atoms with Crippen LogP contribution in [-0.4, -0.2) is 38.5 Å². The average molecular weight is 283 g/mol. The Morgan fingerprint density at radius 3 is 2.45 bits per heavy atom. The molecule has 20 heavy (non-hydrogen) atoms. The SMILES string of the molecule is CCOC1(C(NC)C2CCCOC2)CCC(C)(C)CC1. The fraction of sp³-hybridized carbons (Fsp3) is 1.00. The Bertz CT molecular complexity index is 287. The lowest BCUT2D eigenvalue weighted by Gasteiger charge is -2.50. The quantitative estimate of drug-likeness (QED) is 0.839. The zero-order valence-electron chi connectivity index (χ0n) is 13.8. The summed E-state index contributed by atoms with van der Waals surface area (Å²) in [6, 6.07) is 0.429. The van der Waals surface area contributed by atoms with E-state index in [1.807, 2.05) is 0 Å². The van der Waals surface area contributed by atoms with Crippen LogP contribution in [0, 0.1) is 11.3 Å². The van der Waals surface area contributed by atoms with E-state index < -0.39 is 0 Å². The Morgan fingerprint density at radius 1 is 1.25 bits per heavy atom. The standard InChI is InChI=1S/C17H33NO2/c1-5-20-17(10-8-16(2,3)9-11-17)15(18-4)14-7-6-12-19-13-14/h14-15,18H,5-13H2,1-4H3. The number of rotatable bonds is 5. The van der Waals surface area contributed by atoms with Crippen molar-refractivity contribution in [3.05, 3.63) is 0 Å². The zero-order chi connectivity index (χ0) is 14.6. The first kappa shape index (κ1) is 16.3. The molecule has 2 aliphatic rings. The van der Waals surface area contributed by atoms with Gasteiger partial charge in [-0.05, 0) is 57.9 Å². The fourth-order valence-corrected chi connectivity index (χ4v) is 4.14. The second kappa shape index (κ2) is 6.76. The predicted octanol–water partition coefficient (Wildman–Crippen LogP) is 3.38. The van der Waals surface area contributed by atoms with Crippen LogP contribution in [0.1, 0.15) is 59.3 Å². The highest BCUT2D eigenvalue weighted by Crippen LogP contribution is 2.45. The molecule has 3 nitrogen and oxygen atoms in total. The molecule has 0 aromatic heterocycles. The molecule has 2 rings (SSSR count). The number of nitrogens with one attached hydrogen (secondary N) is 1. The van der Waals surface area contributed by atoms with Gasteiger partial charge in [0.05, 0.1) is 12.2 Å². The third-order valence-corrected chi connectivity index (χ3v) is 5.43. The smallest absolute Gasteiger partial charge is 0.0838 e. The minimum atomic E-state index is 0.0182. The van der Waals surface area contributed by atoms with Crippen molar-refractivity contribution in [2.75, 3.05) is 26.9 Å². The number of ether oxygens (including phenoxy) is 2. The van der Waals surface area contributed by atoms with E-state index in [9.17, 15) is 0 Å². The Balaban J connectivity index is 2.12. The molecule has 0 aromatic carbocycles. The van der Waals surface area contributed by atoms with Gasteiger partial charge in [-0.15, -0.1) is 0 Å². The van der Waals surface area contributed by atoms with Crippen LogP contribution in [0.25, 0.3) is 0 Å². The molecule has 2 unspecified atom stereocenters. The Hall–Kier alpha value is -0.120. The lowest BCUT2D eigenvalue weighted by molar-refractivity contribution is -0.127. The summed E-state index contributed by atoms with van der Waals surface area (Å²) in [5.41, 5.74) is 0.492. The van der Waals surface area contributed by atoms with E-state index in [1.165, 1.54) is 38.5 Å². The minimum Gasteiger partial charge on any atom is -0.381 e. The van der Waals surface area contributed by atoms with E-state index in [0.717, 1.165) is 19.8 Å². The highest BCUT2D eigenvalue weighted by Gasteiger charge is 2.47. The first-order valence-corrected chi connectivity index (χ1v) is 8.42. The van der Waals surface area contributed by atoms with Crippen LogP contribution in [0.3, 0.4) is 0 Å². The van der Waals surface area contributed by atoms with Crippen molar-refractivity contribution in [1.82, 2.24) is 5.32 Å². The molecule has 0 radical (unpaired) electrons. The maximum atomic E-state index is 6.35. The molecule has 0 amide bonds. The summed E-state index contributed by atoms with van der Waals surface area (Å²) in [4.78, 5) is 0. The molecule has 0 spiro atoms. The molecule has 1 aliphatic carbocycles. The number of hydrogen-bond donors (Lipinski definition) is 1. The van der Waals surface area contributed by atoms with Gasteiger partial charge in [0.1, 0.15) is 0 Å². The molecule has 1 N–H and O–H groups in total. The first-order chi connectivity index (χ1) is 9.53. The summed E-state index contributed by atoms with van der Waals surface area (Å²) in [6.07, 6.45) is 7.34. The number of likely N-dealkylation sites (N-methyl/N-ethyl adjacent to an activating group) is 1. The normalized spacial score (nSPS) is 30.9. The van der Waals surface area contributed by atoms with E-state index in [0.29, 0.717) is 17.4 Å². The summed E-state index contributed by atoms with van der Waals surface area (Å²) in [5.74, 6) is 0.599. The molecule has 2 atom stereocenters. The van der Waals surface area contributed by atoms with Gasteiger partial charge in [-0.25, -0.2) is 0 Å². The van der Waals surface area contributed by atoms with Gasteiger partial charge in [-0.2, -0.15) is 0 Å². The van der Waals surface area contributed by atoms with Crippen molar-refractivity contribution in [2.45, 2.75) is 70.9 Å². The summed E-state index contributed by atoms with van der Waals surface area (Å²) in [7, 11) is 2.10. The van der Waals surface area contributed by atoms with Crippen LogP contribution in [-0.2, 0) is 9.47 Å². The molecule has 1 aliphatic heterocycles. The first-order valence-electron chi connectivity index (χ1n) is 8.42. The van der Waals surface area contributed by atoms with Crippen LogP contribution >= 0.6 is 0 Å². The van der Waals surface area contributed by atoms with Crippen LogP contribution < -0.4 is 5.32 Å². The second-order valence-electron chi connectivity index (χ2n) is 7.41. The second-order valence-corrected chi connectivity index (χ2v) is 7.41. The molecule has 1 saturated heterocycles. The van der Waals surface area contributed by atoms with E-state index >= 15 is 0 Å². The molecular weight excluding hydrogens is 250 g/mol. The van der Waals surface area contributed by atoms with Crippen molar-refractivity contribution < 1.29 is 9.47 Å². The Labute approximate surface area is 124 Å². The monoisotopic (exact) mass is 283 g/mol. The van der Waals surface area contributed by atoms with E-state index in [-0.39, 0.29) is 5.60 Å². The summed E-state index contributed by atoms with van der Waals surface area (Å²) >= 11 is 0. The Morgan fingerprint density at radius 2 is 1.95 bits per heavy atom. The predicted molar refractivity (Wildman–Crippen MR) is 83.0 cm³/mol. The van der Waals surface area contributed by atoms with E-state index in [4.69, 9.17) is 9.47 Å². The van der Waals surface area contributed by atoms with Crippen molar-refractivity contribution in [3.63, 3.8) is 0 Å². The van der Waals surface area contributed by atoms with Gasteiger partial charge >= 0.3 is 0 Å². The minimum absolute atomic E-state index is 0.0182. The van der Waals surface area contributed by atoms with Crippen LogP contribution in [0.15, 0.2) is 0 Å². The maximum absolute atomic E-state index is 6.35. The van der Waals surface area contributed by atoms with Gasteiger partial charge < -0.3 is 14.8 Å². The molecular formula is C17H33NO2. The average Bonchev–Trinajstić information content (AvgIpc) is 2.44. The van der Waals surface area contributed by atoms with Crippen LogP contribution in [0.2, 0.25) is 0 Å². The van der Waals surface area contributed by atoms with Crippen molar-refractivity contribution in [3.8, 4) is 0 Å². The Kier molecular flexibility index (Phi) is 5.49. The molecule has 0 bridgehead atoms. The molecule has 1 heterocycles. The zero-order valence-corrected chi connectivity index (χ0v) is 13.8. The lowest BCUT2D eigenvalue weighted by Crippen LogP contribution is -2.58. The summed E-state index contributed by atoms with van der Waals surface area (Å²) in [6.45, 7) is 9.55. The van der Waals surface area contributed by atoms with Gasteiger partial charge in [0, 0.05) is 25.2 Å². The molecule has 3 heteroatoms.